The summed E-state index contributed by atoms with van der Waals surface area (Å²) in [6.45, 7) is 0.410. The number of carbonyl (C=O) groups excluding carboxylic acids is 1. The predicted octanol–water partition coefficient (Wildman–Crippen LogP) is 2.17. The molecule has 1 heterocycles. The summed E-state index contributed by atoms with van der Waals surface area (Å²) in [5, 5.41) is 0. The number of esters is 1. The molecule has 4 nitrogen and oxygen atoms in total. The van der Waals surface area contributed by atoms with Crippen LogP contribution in [-0.2, 0) is 24.1 Å². The van der Waals surface area contributed by atoms with E-state index in [1.54, 1.807) is 22.8 Å². The highest BCUT2D eigenvalue weighted by atomic mass is 16.5. The Labute approximate surface area is 123 Å². The summed E-state index contributed by atoms with van der Waals surface area (Å²) in [6, 6.07) is 10.8. The van der Waals surface area contributed by atoms with Crippen LogP contribution in [0.3, 0.4) is 0 Å². The number of aromatic nitrogens is 1. The molecule has 108 valence electrons. The van der Waals surface area contributed by atoms with Gasteiger partial charge < -0.3 is 9.30 Å². The van der Waals surface area contributed by atoms with E-state index >= 15 is 0 Å². The van der Waals surface area contributed by atoms with Crippen molar-refractivity contribution in [1.29, 1.82) is 0 Å². The van der Waals surface area contributed by atoms with Crippen molar-refractivity contribution in [3.05, 3.63) is 69.1 Å². The van der Waals surface area contributed by atoms with Crippen LogP contribution in [0.4, 0.5) is 0 Å². The Morgan fingerprint density at radius 1 is 1.19 bits per heavy atom. The third-order valence-electron chi connectivity index (χ3n) is 4.00. The number of rotatable bonds is 3. The smallest absolute Gasteiger partial charge is 0.338 e. The number of methoxy groups -OCH3 is 1. The number of ether oxygens (including phenoxy) is 1. The zero-order valence-corrected chi connectivity index (χ0v) is 12.0. The van der Waals surface area contributed by atoms with Crippen molar-refractivity contribution < 1.29 is 9.53 Å². The van der Waals surface area contributed by atoms with E-state index in [0.717, 1.165) is 30.5 Å². The van der Waals surface area contributed by atoms with Gasteiger partial charge in [0.1, 0.15) is 0 Å². The second kappa shape index (κ2) is 5.56. The normalized spacial score (nSPS) is 13.0. The van der Waals surface area contributed by atoms with Gasteiger partial charge in [-0.1, -0.05) is 24.3 Å². The zero-order chi connectivity index (χ0) is 14.8. The van der Waals surface area contributed by atoms with Crippen LogP contribution in [0, 0.1) is 0 Å². The number of benzene rings is 1. The minimum atomic E-state index is -0.369. The molecule has 1 aromatic carbocycles. The van der Waals surface area contributed by atoms with Crippen molar-refractivity contribution >= 4 is 5.97 Å². The standard InChI is InChI=1S/C17H17NO3/c1-21-17(20)14-7-3-2-5-13(14)11-18-15-8-4-6-12(15)9-10-16(18)19/h2-3,5,7,9-10H,4,6,8,11H2,1H3. The SMILES string of the molecule is COC(=O)c1ccccc1Cn1c2c(ccc1=O)CCC2. The maximum Gasteiger partial charge on any atom is 0.338 e. The predicted molar refractivity (Wildman–Crippen MR) is 79.6 cm³/mol. The molecule has 0 aliphatic heterocycles. The minimum absolute atomic E-state index is 0.0182. The van der Waals surface area contributed by atoms with Crippen LogP contribution in [0.2, 0.25) is 0 Å². The van der Waals surface area contributed by atoms with Gasteiger partial charge in [-0.2, -0.15) is 0 Å². The Bertz CT molecular complexity index is 746. The second-order valence-electron chi connectivity index (χ2n) is 5.23. The summed E-state index contributed by atoms with van der Waals surface area (Å²) < 4.78 is 6.59. The Balaban J connectivity index is 2.05. The maximum absolute atomic E-state index is 12.2. The molecule has 0 saturated heterocycles. The van der Waals surface area contributed by atoms with Gasteiger partial charge in [-0.15, -0.1) is 0 Å². The molecule has 0 saturated carbocycles. The number of aryl methyl sites for hydroxylation is 1. The summed E-state index contributed by atoms with van der Waals surface area (Å²) >= 11 is 0. The van der Waals surface area contributed by atoms with E-state index in [1.807, 2.05) is 18.2 Å². The first-order chi connectivity index (χ1) is 10.2. The first kappa shape index (κ1) is 13.6. The van der Waals surface area contributed by atoms with Crippen molar-refractivity contribution in [3.8, 4) is 0 Å². The number of fused-ring (bicyclic) bond motifs is 1. The Kier molecular flexibility index (Phi) is 3.60. The Morgan fingerprint density at radius 3 is 2.81 bits per heavy atom. The van der Waals surface area contributed by atoms with E-state index in [4.69, 9.17) is 4.74 Å². The molecule has 4 heteroatoms. The first-order valence-corrected chi connectivity index (χ1v) is 7.08. The molecule has 0 unspecified atom stereocenters. The third-order valence-corrected chi connectivity index (χ3v) is 4.00. The fourth-order valence-corrected chi connectivity index (χ4v) is 2.94. The lowest BCUT2D eigenvalue weighted by atomic mass is 10.1. The Hall–Kier alpha value is -2.36. The number of hydrogen-bond donors (Lipinski definition) is 0. The van der Waals surface area contributed by atoms with Gasteiger partial charge >= 0.3 is 5.97 Å². The highest BCUT2D eigenvalue weighted by molar-refractivity contribution is 5.90. The van der Waals surface area contributed by atoms with Gasteiger partial charge in [0.2, 0.25) is 0 Å². The van der Waals surface area contributed by atoms with Gasteiger partial charge in [0, 0.05) is 11.8 Å². The van der Waals surface area contributed by atoms with E-state index < -0.39 is 0 Å². The molecule has 1 aliphatic carbocycles. The van der Waals surface area contributed by atoms with Crippen LogP contribution < -0.4 is 5.56 Å². The molecule has 0 bridgehead atoms. The molecule has 0 fully saturated rings. The fourth-order valence-electron chi connectivity index (χ4n) is 2.94. The number of pyridine rings is 1. The van der Waals surface area contributed by atoms with Gasteiger partial charge in [0.25, 0.3) is 5.56 Å². The molecule has 1 aromatic heterocycles. The summed E-state index contributed by atoms with van der Waals surface area (Å²) in [6.07, 6.45) is 3.03. The van der Waals surface area contributed by atoms with Crippen molar-refractivity contribution in [2.45, 2.75) is 25.8 Å². The lowest BCUT2D eigenvalue weighted by Gasteiger charge is -2.14. The van der Waals surface area contributed by atoms with Gasteiger partial charge in [0.05, 0.1) is 19.2 Å². The molecule has 3 rings (SSSR count). The van der Waals surface area contributed by atoms with E-state index in [-0.39, 0.29) is 11.5 Å². The largest absolute Gasteiger partial charge is 0.465 e. The van der Waals surface area contributed by atoms with E-state index in [9.17, 15) is 9.59 Å². The lowest BCUT2D eigenvalue weighted by Crippen LogP contribution is -2.24. The van der Waals surface area contributed by atoms with Gasteiger partial charge in [-0.25, -0.2) is 4.79 Å². The molecule has 21 heavy (non-hydrogen) atoms. The second-order valence-corrected chi connectivity index (χ2v) is 5.23. The number of carbonyl (C=O) groups is 1. The third kappa shape index (κ3) is 2.49. The van der Waals surface area contributed by atoms with Crippen LogP contribution in [-0.4, -0.2) is 17.6 Å². The summed E-state index contributed by atoms with van der Waals surface area (Å²) in [5.41, 5.74) is 3.65. The highest BCUT2D eigenvalue weighted by Gasteiger charge is 2.18. The maximum atomic E-state index is 12.2. The molecule has 0 atom stereocenters. The minimum Gasteiger partial charge on any atom is -0.465 e. The quantitative estimate of drug-likeness (QED) is 0.811. The van der Waals surface area contributed by atoms with Gasteiger partial charge in [0.15, 0.2) is 0 Å². The van der Waals surface area contributed by atoms with E-state index in [2.05, 4.69) is 0 Å². The van der Waals surface area contributed by atoms with Gasteiger partial charge in [-0.3, -0.25) is 4.79 Å². The van der Waals surface area contributed by atoms with Crippen LogP contribution in [0.15, 0.2) is 41.2 Å². The van der Waals surface area contributed by atoms with Gasteiger partial charge in [-0.05, 0) is 36.5 Å². The highest BCUT2D eigenvalue weighted by Crippen LogP contribution is 2.21. The topological polar surface area (TPSA) is 48.3 Å². The average molecular weight is 283 g/mol. The molecule has 0 N–H and O–H groups in total. The van der Waals surface area contributed by atoms with Crippen molar-refractivity contribution in [3.63, 3.8) is 0 Å². The van der Waals surface area contributed by atoms with Crippen LogP contribution >= 0.6 is 0 Å². The summed E-state index contributed by atoms with van der Waals surface area (Å²) in [5.74, 6) is -0.369. The fraction of sp³-hybridized carbons (Fsp3) is 0.294. The molecule has 0 radical (unpaired) electrons. The van der Waals surface area contributed by atoms with E-state index in [1.165, 1.54) is 12.7 Å². The first-order valence-electron chi connectivity index (χ1n) is 7.08. The van der Waals surface area contributed by atoms with Crippen LogP contribution in [0.25, 0.3) is 0 Å². The molecule has 0 amide bonds. The number of hydrogen-bond acceptors (Lipinski definition) is 3. The van der Waals surface area contributed by atoms with Crippen molar-refractivity contribution in [2.75, 3.05) is 7.11 Å². The molecular formula is C17H17NO3. The number of nitrogens with zero attached hydrogens (tertiary/aromatic N) is 1. The molecular weight excluding hydrogens is 266 g/mol. The summed E-state index contributed by atoms with van der Waals surface area (Å²) in [4.78, 5) is 24.0. The lowest BCUT2D eigenvalue weighted by molar-refractivity contribution is 0.0599. The van der Waals surface area contributed by atoms with Crippen molar-refractivity contribution in [2.24, 2.45) is 0 Å². The van der Waals surface area contributed by atoms with Crippen molar-refractivity contribution in [1.82, 2.24) is 4.57 Å². The average Bonchev–Trinajstić information content (AvgIpc) is 2.98. The molecule has 0 spiro atoms. The zero-order valence-electron chi connectivity index (χ0n) is 12.0. The monoisotopic (exact) mass is 283 g/mol. The molecule has 2 aromatic rings. The Morgan fingerprint density at radius 2 is 2.00 bits per heavy atom. The molecule has 1 aliphatic rings. The van der Waals surface area contributed by atoms with E-state index in [0.29, 0.717) is 12.1 Å². The van der Waals surface area contributed by atoms with Crippen LogP contribution in [0.1, 0.15) is 33.6 Å². The summed E-state index contributed by atoms with van der Waals surface area (Å²) in [7, 11) is 1.37. The van der Waals surface area contributed by atoms with Crippen LogP contribution in [0.5, 0.6) is 0 Å².